The normalized spacial score (nSPS) is 10.9. The fraction of sp³-hybridized carbons (Fsp3) is 0.429. The maximum Gasteiger partial charge on any atom is 0.305 e. The van der Waals surface area contributed by atoms with Gasteiger partial charge in [0, 0.05) is 13.0 Å². The van der Waals surface area contributed by atoms with Gasteiger partial charge in [0.05, 0.1) is 24.0 Å². The predicted octanol–water partition coefficient (Wildman–Crippen LogP) is 1.32. The van der Waals surface area contributed by atoms with Crippen molar-refractivity contribution in [1.29, 1.82) is 5.26 Å². The van der Waals surface area contributed by atoms with E-state index in [0.29, 0.717) is 24.2 Å². The summed E-state index contributed by atoms with van der Waals surface area (Å²) in [6.45, 7) is 2.19. The average molecular weight is 310 g/mol. The first-order chi connectivity index (χ1) is 9.98. The summed E-state index contributed by atoms with van der Waals surface area (Å²) in [6.07, 6.45) is 0.545. The van der Waals surface area contributed by atoms with E-state index in [-0.39, 0.29) is 24.7 Å². The minimum Gasteiger partial charge on any atom is -0.466 e. The van der Waals surface area contributed by atoms with Gasteiger partial charge in [0.15, 0.2) is 0 Å². The van der Waals surface area contributed by atoms with Crippen molar-refractivity contribution >= 4 is 16.0 Å². The van der Waals surface area contributed by atoms with Gasteiger partial charge in [0.2, 0.25) is 10.0 Å². The zero-order valence-corrected chi connectivity index (χ0v) is 12.6. The molecule has 7 heteroatoms. The molecule has 0 saturated carbocycles. The number of hydrogen-bond donors (Lipinski definition) is 1. The maximum absolute atomic E-state index is 11.9. The first kappa shape index (κ1) is 17.1. The zero-order valence-electron chi connectivity index (χ0n) is 11.8. The Hall–Kier alpha value is -1.91. The lowest BCUT2D eigenvalue weighted by molar-refractivity contribution is -0.143. The van der Waals surface area contributed by atoms with E-state index >= 15 is 0 Å². The molecule has 0 amide bonds. The number of nitrogens with one attached hydrogen (secondary N) is 1. The summed E-state index contributed by atoms with van der Waals surface area (Å²) in [5, 5.41) is 8.92. The summed E-state index contributed by atoms with van der Waals surface area (Å²) in [5.74, 6) is -0.595. The molecule has 114 valence electrons. The topological polar surface area (TPSA) is 96.3 Å². The van der Waals surface area contributed by atoms with Gasteiger partial charge in [-0.15, -0.1) is 0 Å². The van der Waals surface area contributed by atoms with Gasteiger partial charge in [-0.2, -0.15) is 5.26 Å². The Morgan fingerprint density at radius 1 is 1.38 bits per heavy atom. The molecule has 6 nitrogen and oxygen atoms in total. The molecule has 1 aromatic rings. The Labute approximate surface area is 124 Å². The van der Waals surface area contributed by atoms with Gasteiger partial charge < -0.3 is 4.74 Å². The number of nitriles is 1. The Morgan fingerprint density at radius 2 is 2.10 bits per heavy atom. The van der Waals surface area contributed by atoms with E-state index < -0.39 is 10.0 Å². The second kappa shape index (κ2) is 8.39. The lowest BCUT2D eigenvalue weighted by Crippen LogP contribution is -2.27. The maximum atomic E-state index is 11.9. The van der Waals surface area contributed by atoms with Crippen LogP contribution in [-0.4, -0.2) is 27.5 Å². The molecule has 0 heterocycles. The van der Waals surface area contributed by atoms with Crippen molar-refractivity contribution in [3.05, 3.63) is 35.4 Å². The van der Waals surface area contributed by atoms with E-state index in [1.54, 1.807) is 31.2 Å². The minimum absolute atomic E-state index is 0.163. The monoisotopic (exact) mass is 310 g/mol. The Balaban J connectivity index is 2.48. The van der Waals surface area contributed by atoms with Crippen LogP contribution in [0.15, 0.2) is 24.3 Å². The van der Waals surface area contributed by atoms with Crippen LogP contribution < -0.4 is 4.72 Å². The number of sulfonamides is 1. The lowest BCUT2D eigenvalue weighted by atomic mass is 10.1. The fourth-order valence-corrected chi connectivity index (χ4v) is 2.92. The third-order valence-electron chi connectivity index (χ3n) is 2.67. The summed E-state index contributed by atoms with van der Waals surface area (Å²) < 4.78 is 31.0. The average Bonchev–Trinajstić information content (AvgIpc) is 2.44. The number of nitrogens with zero attached hydrogens (tertiary/aromatic N) is 1. The molecule has 0 aliphatic carbocycles. The number of esters is 1. The molecular formula is C14H18N2O4S. The van der Waals surface area contributed by atoms with E-state index in [4.69, 9.17) is 10.00 Å². The highest BCUT2D eigenvalue weighted by molar-refractivity contribution is 7.88. The highest BCUT2D eigenvalue weighted by Crippen LogP contribution is 2.10. The van der Waals surface area contributed by atoms with Crippen molar-refractivity contribution in [3.8, 4) is 6.07 Å². The van der Waals surface area contributed by atoms with E-state index in [2.05, 4.69) is 4.72 Å². The van der Waals surface area contributed by atoms with Crippen LogP contribution in [0, 0.1) is 11.3 Å². The standard InChI is InChI=1S/C14H18N2O4S/c1-2-20-14(17)8-5-9-16-21(18,19)11-13-7-4-3-6-12(13)10-15/h3-4,6-7,16H,2,5,8-9,11H2,1H3. The van der Waals surface area contributed by atoms with Crippen LogP contribution in [0.3, 0.4) is 0 Å². The summed E-state index contributed by atoms with van der Waals surface area (Å²) in [7, 11) is -3.53. The van der Waals surface area contributed by atoms with Crippen LogP contribution in [0.1, 0.15) is 30.9 Å². The van der Waals surface area contributed by atoms with Crippen LogP contribution >= 0.6 is 0 Å². The van der Waals surface area contributed by atoms with Gasteiger partial charge in [-0.25, -0.2) is 13.1 Å². The second-order valence-corrected chi connectivity index (χ2v) is 6.14. The first-order valence-electron chi connectivity index (χ1n) is 6.59. The smallest absolute Gasteiger partial charge is 0.305 e. The Morgan fingerprint density at radius 3 is 2.76 bits per heavy atom. The van der Waals surface area contributed by atoms with Crippen LogP contribution in [0.2, 0.25) is 0 Å². The van der Waals surface area contributed by atoms with Crippen molar-refractivity contribution < 1.29 is 17.9 Å². The van der Waals surface area contributed by atoms with Crippen LogP contribution in [0.4, 0.5) is 0 Å². The number of ether oxygens (including phenoxy) is 1. The third-order valence-corrected chi connectivity index (χ3v) is 4.00. The van der Waals surface area contributed by atoms with Gasteiger partial charge in [-0.3, -0.25) is 4.79 Å². The highest BCUT2D eigenvalue weighted by Gasteiger charge is 2.13. The number of rotatable bonds is 8. The SMILES string of the molecule is CCOC(=O)CCCNS(=O)(=O)Cc1ccccc1C#N. The Bertz CT molecular complexity index is 620. The molecule has 1 aromatic carbocycles. The number of carbonyl (C=O) groups excluding carboxylic acids is 1. The van der Waals surface area contributed by atoms with Crippen molar-refractivity contribution in [2.45, 2.75) is 25.5 Å². The van der Waals surface area contributed by atoms with Crippen molar-refractivity contribution in [3.63, 3.8) is 0 Å². The summed E-state index contributed by atoms with van der Waals surface area (Å²) >= 11 is 0. The molecule has 0 radical (unpaired) electrons. The molecule has 1 N–H and O–H groups in total. The zero-order chi connectivity index (χ0) is 15.7. The number of carbonyl (C=O) groups is 1. The largest absolute Gasteiger partial charge is 0.466 e. The second-order valence-electron chi connectivity index (χ2n) is 4.33. The van der Waals surface area contributed by atoms with Crippen molar-refractivity contribution in [2.75, 3.05) is 13.2 Å². The van der Waals surface area contributed by atoms with Gasteiger partial charge in [0.25, 0.3) is 0 Å². The molecule has 0 atom stereocenters. The Kier molecular flexibility index (Phi) is 6.85. The van der Waals surface area contributed by atoms with Crippen LogP contribution in [-0.2, 0) is 25.3 Å². The number of benzene rings is 1. The summed E-state index contributed by atoms with van der Waals surface area (Å²) in [4.78, 5) is 11.1. The lowest BCUT2D eigenvalue weighted by Gasteiger charge is -2.07. The molecule has 0 spiro atoms. The molecule has 0 aliphatic rings. The molecule has 0 aromatic heterocycles. The predicted molar refractivity (Wildman–Crippen MR) is 77.7 cm³/mol. The van der Waals surface area contributed by atoms with E-state index in [1.165, 1.54) is 0 Å². The first-order valence-corrected chi connectivity index (χ1v) is 8.24. The summed E-state index contributed by atoms with van der Waals surface area (Å²) in [6, 6.07) is 8.51. The van der Waals surface area contributed by atoms with Crippen molar-refractivity contribution in [2.24, 2.45) is 0 Å². The molecule has 0 fully saturated rings. The van der Waals surface area contributed by atoms with Gasteiger partial charge in [-0.05, 0) is 25.0 Å². The van der Waals surface area contributed by atoms with Gasteiger partial charge in [-0.1, -0.05) is 18.2 Å². The third kappa shape index (κ3) is 6.38. The highest BCUT2D eigenvalue weighted by atomic mass is 32.2. The van der Waals surface area contributed by atoms with Gasteiger partial charge in [0.1, 0.15) is 0 Å². The molecule has 0 bridgehead atoms. The molecule has 0 aliphatic heterocycles. The molecule has 0 saturated heterocycles. The number of hydrogen-bond acceptors (Lipinski definition) is 5. The molecular weight excluding hydrogens is 292 g/mol. The van der Waals surface area contributed by atoms with Gasteiger partial charge >= 0.3 is 5.97 Å². The fourth-order valence-electron chi connectivity index (χ4n) is 1.70. The van der Waals surface area contributed by atoms with Crippen LogP contribution in [0.5, 0.6) is 0 Å². The van der Waals surface area contributed by atoms with E-state index in [9.17, 15) is 13.2 Å². The summed E-state index contributed by atoms with van der Waals surface area (Å²) in [5.41, 5.74) is 0.798. The van der Waals surface area contributed by atoms with E-state index in [0.717, 1.165) is 0 Å². The van der Waals surface area contributed by atoms with E-state index in [1.807, 2.05) is 6.07 Å². The molecule has 0 unspecified atom stereocenters. The molecule has 1 rings (SSSR count). The quantitative estimate of drug-likeness (QED) is 0.577. The minimum atomic E-state index is -3.53. The van der Waals surface area contributed by atoms with Crippen LogP contribution in [0.25, 0.3) is 0 Å². The molecule has 21 heavy (non-hydrogen) atoms. The van der Waals surface area contributed by atoms with Crippen molar-refractivity contribution in [1.82, 2.24) is 4.72 Å².